The molecule has 3 N–H and O–H groups in total. The summed E-state index contributed by atoms with van der Waals surface area (Å²) >= 11 is 0. The second-order valence-corrected chi connectivity index (χ2v) is 5.40. The van der Waals surface area contributed by atoms with Crippen LogP contribution in [0.5, 0.6) is 5.75 Å². The van der Waals surface area contributed by atoms with Crippen molar-refractivity contribution in [1.82, 2.24) is 5.32 Å². The van der Waals surface area contributed by atoms with E-state index < -0.39 is 17.7 Å². The van der Waals surface area contributed by atoms with Gasteiger partial charge in [0.05, 0.1) is 18.4 Å². The summed E-state index contributed by atoms with van der Waals surface area (Å²) in [6.45, 7) is 2.40. The maximum Gasteiger partial charge on any atom is 0.323 e. The topological polar surface area (TPSA) is 79.5 Å². The predicted octanol–water partition coefficient (Wildman–Crippen LogP) is 3.76. The van der Waals surface area contributed by atoms with Crippen LogP contribution in [-0.2, 0) is 0 Å². The number of urea groups is 1. The highest BCUT2D eigenvalue weighted by Crippen LogP contribution is 2.23. The number of benzene rings is 2. The van der Waals surface area contributed by atoms with Crippen molar-refractivity contribution in [3.63, 3.8) is 0 Å². The molecule has 138 valence electrons. The molecule has 2 aromatic carbocycles. The highest BCUT2D eigenvalue weighted by atomic mass is 19.1. The van der Waals surface area contributed by atoms with Crippen LogP contribution in [0.2, 0.25) is 0 Å². The Morgan fingerprint density at radius 3 is 2.35 bits per heavy atom. The Bertz CT molecular complexity index is 792. The van der Waals surface area contributed by atoms with Crippen LogP contribution in [0, 0.1) is 11.6 Å². The zero-order chi connectivity index (χ0) is 19.1. The Kier molecular flexibility index (Phi) is 6.48. The fourth-order valence-electron chi connectivity index (χ4n) is 2.20. The van der Waals surface area contributed by atoms with Crippen molar-refractivity contribution in [2.45, 2.75) is 13.3 Å². The van der Waals surface area contributed by atoms with Crippen molar-refractivity contribution in [1.29, 1.82) is 0 Å². The van der Waals surface area contributed by atoms with E-state index in [4.69, 9.17) is 4.74 Å². The number of anilines is 2. The Balaban J connectivity index is 2.20. The highest BCUT2D eigenvalue weighted by Gasteiger charge is 2.15. The molecule has 0 bridgehead atoms. The van der Waals surface area contributed by atoms with E-state index in [1.165, 1.54) is 19.2 Å². The molecule has 0 fully saturated rings. The molecule has 0 saturated carbocycles. The number of hydrogen-bond donors (Lipinski definition) is 3. The van der Waals surface area contributed by atoms with E-state index >= 15 is 0 Å². The standard InChI is InChI=1S/C18H19F2N3O3/c1-3-6-21-17(24)15-5-4-14(26-2)10-16(15)23-18(25)22-13-8-11(19)7-12(20)9-13/h4-5,7-10H,3,6H2,1-2H3,(H,21,24)(H2,22,23,25). The lowest BCUT2D eigenvalue weighted by molar-refractivity contribution is 0.0954. The fourth-order valence-corrected chi connectivity index (χ4v) is 2.20. The first-order chi connectivity index (χ1) is 12.4. The molecule has 6 nitrogen and oxygen atoms in total. The van der Waals surface area contributed by atoms with Gasteiger partial charge in [0.2, 0.25) is 0 Å². The Morgan fingerprint density at radius 1 is 1.04 bits per heavy atom. The number of nitrogens with one attached hydrogen (secondary N) is 3. The van der Waals surface area contributed by atoms with Gasteiger partial charge in [-0.05, 0) is 30.7 Å². The summed E-state index contributed by atoms with van der Waals surface area (Å²) in [5.74, 6) is -1.56. The molecule has 0 radical (unpaired) electrons. The van der Waals surface area contributed by atoms with E-state index in [1.54, 1.807) is 6.07 Å². The van der Waals surface area contributed by atoms with E-state index in [0.29, 0.717) is 18.4 Å². The van der Waals surface area contributed by atoms with Crippen LogP contribution in [0.25, 0.3) is 0 Å². The zero-order valence-electron chi connectivity index (χ0n) is 14.4. The van der Waals surface area contributed by atoms with Gasteiger partial charge in [0.25, 0.3) is 5.91 Å². The summed E-state index contributed by atoms with van der Waals surface area (Å²) in [7, 11) is 1.45. The van der Waals surface area contributed by atoms with Gasteiger partial charge < -0.3 is 20.7 Å². The van der Waals surface area contributed by atoms with Gasteiger partial charge in [0, 0.05) is 24.4 Å². The van der Waals surface area contributed by atoms with Gasteiger partial charge in [-0.15, -0.1) is 0 Å². The van der Waals surface area contributed by atoms with Crippen LogP contribution in [0.15, 0.2) is 36.4 Å². The zero-order valence-corrected chi connectivity index (χ0v) is 14.4. The first-order valence-corrected chi connectivity index (χ1v) is 7.93. The van der Waals surface area contributed by atoms with Crippen LogP contribution in [0.3, 0.4) is 0 Å². The number of carbonyl (C=O) groups excluding carboxylic acids is 2. The average molecular weight is 363 g/mol. The summed E-state index contributed by atoms with van der Waals surface area (Å²) in [6.07, 6.45) is 0.760. The summed E-state index contributed by atoms with van der Waals surface area (Å²) in [5, 5.41) is 7.52. The van der Waals surface area contributed by atoms with Crippen molar-refractivity contribution in [3.05, 3.63) is 53.6 Å². The Morgan fingerprint density at radius 2 is 1.73 bits per heavy atom. The third-order valence-electron chi connectivity index (χ3n) is 3.38. The first-order valence-electron chi connectivity index (χ1n) is 7.93. The number of halogens is 2. The number of rotatable bonds is 6. The van der Waals surface area contributed by atoms with E-state index in [-0.39, 0.29) is 22.8 Å². The smallest absolute Gasteiger partial charge is 0.323 e. The highest BCUT2D eigenvalue weighted by molar-refractivity contribution is 6.06. The molecule has 0 aliphatic carbocycles. The van der Waals surface area contributed by atoms with E-state index in [9.17, 15) is 18.4 Å². The van der Waals surface area contributed by atoms with Crippen molar-refractivity contribution < 1.29 is 23.1 Å². The van der Waals surface area contributed by atoms with Crippen LogP contribution in [0.4, 0.5) is 25.0 Å². The summed E-state index contributed by atoms with van der Waals surface area (Å²) in [6, 6.07) is 6.47. The van der Waals surface area contributed by atoms with Crippen molar-refractivity contribution in [3.8, 4) is 5.75 Å². The first kappa shape index (κ1) is 19.2. The second kappa shape index (κ2) is 8.80. The molecule has 0 unspecified atom stereocenters. The molecule has 0 aliphatic heterocycles. The van der Waals surface area contributed by atoms with Gasteiger partial charge >= 0.3 is 6.03 Å². The maximum atomic E-state index is 13.2. The summed E-state index contributed by atoms with van der Waals surface area (Å²) in [5.41, 5.74) is 0.382. The van der Waals surface area contributed by atoms with Crippen molar-refractivity contribution >= 4 is 23.3 Å². The minimum atomic E-state index is -0.818. The van der Waals surface area contributed by atoms with Crippen LogP contribution in [0.1, 0.15) is 23.7 Å². The van der Waals surface area contributed by atoms with E-state index in [2.05, 4.69) is 16.0 Å². The third kappa shape index (κ3) is 5.17. The van der Waals surface area contributed by atoms with Gasteiger partial charge in [-0.1, -0.05) is 6.92 Å². The van der Waals surface area contributed by atoms with Crippen LogP contribution < -0.4 is 20.7 Å². The largest absolute Gasteiger partial charge is 0.497 e. The molecule has 2 rings (SSSR count). The van der Waals surface area contributed by atoms with Crippen molar-refractivity contribution in [2.24, 2.45) is 0 Å². The van der Waals surface area contributed by atoms with E-state index in [0.717, 1.165) is 18.6 Å². The van der Waals surface area contributed by atoms with Gasteiger partial charge in [0.15, 0.2) is 0 Å². The number of hydrogen-bond acceptors (Lipinski definition) is 3. The summed E-state index contributed by atoms with van der Waals surface area (Å²) in [4.78, 5) is 24.4. The third-order valence-corrected chi connectivity index (χ3v) is 3.38. The molecular weight excluding hydrogens is 344 g/mol. The van der Waals surface area contributed by atoms with Gasteiger partial charge in [-0.2, -0.15) is 0 Å². The molecule has 0 saturated heterocycles. The van der Waals surface area contributed by atoms with Crippen LogP contribution >= 0.6 is 0 Å². The SMILES string of the molecule is CCCNC(=O)c1ccc(OC)cc1NC(=O)Nc1cc(F)cc(F)c1. The lowest BCUT2D eigenvalue weighted by atomic mass is 10.1. The van der Waals surface area contributed by atoms with Crippen molar-refractivity contribution in [2.75, 3.05) is 24.3 Å². The average Bonchev–Trinajstić information content (AvgIpc) is 2.58. The number of carbonyl (C=O) groups is 2. The fraction of sp³-hybridized carbons (Fsp3) is 0.222. The molecule has 2 aromatic rings. The molecule has 0 spiro atoms. The minimum absolute atomic E-state index is 0.0557. The number of ether oxygens (including phenoxy) is 1. The maximum absolute atomic E-state index is 13.2. The molecule has 26 heavy (non-hydrogen) atoms. The molecule has 0 atom stereocenters. The predicted molar refractivity (Wildman–Crippen MR) is 94.6 cm³/mol. The number of methoxy groups -OCH3 is 1. The van der Waals surface area contributed by atoms with E-state index in [1.807, 2.05) is 6.92 Å². The lowest BCUT2D eigenvalue weighted by Gasteiger charge is -2.13. The van der Waals surface area contributed by atoms with Gasteiger partial charge in [-0.3, -0.25) is 4.79 Å². The Labute approximate surface area is 149 Å². The molecule has 0 heterocycles. The van der Waals surface area contributed by atoms with Gasteiger partial charge in [-0.25, -0.2) is 13.6 Å². The minimum Gasteiger partial charge on any atom is -0.497 e. The molecule has 8 heteroatoms. The molecule has 3 amide bonds. The molecule has 0 aliphatic rings. The summed E-state index contributed by atoms with van der Waals surface area (Å²) < 4.78 is 31.5. The second-order valence-electron chi connectivity index (χ2n) is 5.40. The van der Waals surface area contributed by atoms with Crippen LogP contribution in [-0.4, -0.2) is 25.6 Å². The van der Waals surface area contributed by atoms with Gasteiger partial charge in [0.1, 0.15) is 17.4 Å². The lowest BCUT2D eigenvalue weighted by Crippen LogP contribution is -2.27. The normalized spacial score (nSPS) is 10.2. The Hall–Kier alpha value is -3.16. The molecular formula is C18H19F2N3O3. The molecule has 0 aromatic heterocycles. The monoisotopic (exact) mass is 363 g/mol. The number of amides is 3. The quantitative estimate of drug-likeness (QED) is 0.731.